The molecule has 0 radical (unpaired) electrons. The van der Waals surface area contributed by atoms with Crippen molar-refractivity contribution in [3.8, 4) is 0 Å². The molecule has 0 unspecified atom stereocenters. The van der Waals surface area contributed by atoms with Gasteiger partial charge in [-0.15, -0.1) is 0 Å². The maximum absolute atomic E-state index is 13.1. The van der Waals surface area contributed by atoms with Crippen LogP contribution in [0.5, 0.6) is 0 Å². The second-order valence-corrected chi connectivity index (χ2v) is 8.64. The van der Waals surface area contributed by atoms with Crippen molar-refractivity contribution >= 4 is 44.6 Å². The maximum Gasteiger partial charge on any atom is 0.260 e. The van der Waals surface area contributed by atoms with Crippen molar-refractivity contribution in [1.29, 1.82) is 0 Å². The van der Waals surface area contributed by atoms with Crippen molar-refractivity contribution in [1.82, 2.24) is 0 Å². The minimum atomic E-state index is -3.32. The molecule has 3 rings (SSSR count). The Kier molecular flexibility index (Phi) is 4.91. The fraction of sp³-hybridized carbons (Fsp3) is 0.167. The number of sulfone groups is 1. The average molecular weight is 396 g/mol. The van der Waals surface area contributed by atoms with Crippen LogP contribution in [0.1, 0.15) is 15.9 Å². The van der Waals surface area contributed by atoms with Gasteiger partial charge in [0.05, 0.1) is 22.4 Å². The zero-order chi connectivity index (χ0) is 18.2. The molecule has 1 aliphatic heterocycles. The Morgan fingerprint density at radius 1 is 1.12 bits per heavy atom. The van der Waals surface area contributed by atoms with E-state index in [1.807, 2.05) is 19.1 Å². The molecule has 0 saturated heterocycles. The zero-order valence-corrected chi connectivity index (χ0v) is 15.6. The van der Waals surface area contributed by atoms with Gasteiger partial charge in [0, 0.05) is 16.1 Å². The van der Waals surface area contributed by atoms with E-state index < -0.39 is 15.9 Å². The largest absolute Gasteiger partial charge is 0.300 e. The van der Waals surface area contributed by atoms with E-state index in [0.717, 1.165) is 11.0 Å². The summed E-state index contributed by atoms with van der Waals surface area (Å²) in [6.07, 6.45) is 1.52. The lowest BCUT2D eigenvalue weighted by atomic mass is 10.1. The summed E-state index contributed by atoms with van der Waals surface area (Å²) in [4.78, 5) is 14.6. The molecule has 1 aliphatic rings. The number of carbonyl (C=O) groups excluding carboxylic acids is 1. The molecule has 0 aromatic heterocycles. The molecule has 1 atom stereocenters. The number of nitrogens with zero attached hydrogens (tertiary/aromatic N) is 1. The molecule has 7 heteroatoms. The molecular formula is C18H15Cl2NO3S. The molecule has 0 N–H and O–H groups in total. The first-order valence-corrected chi connectivity index (χ1v) is 10.0. The summed E-state index contributed by atoms with van der Waals surface area (Å²) in [5, 5.41) is 1.79. The fourth-order valence-electron chi connectivity index (χ4n) is 2.68. The van der Waals surface area contributed by atoms with Gasteiger partial charge in [-0.3, -0.25) is 4.79 Å². The number of anilines is 1. The molecule has 1 amide bonds. The lowest BCUT2D eigenvalue weighted by Crippen LogP contribution is -2.41. The van der Waals surface area contributed by atoms with Gasteiger partial charge < -0.3 is 4.90 Å². The van der Waals surface area contributed by atoms with Crippen molar-refractivity contribution in [2.24, 2.45) is 0 Å². The summed E-state index contributed by atoms with van der Waals surface area (Å²) < 4.78 is 23.7. The van der Waals surface area contributed by atoms with Gasteiger partial charge in [-0.1, -0.05) is 40.9 Å². The predicted octanol–water partition coefficient (Wildman–Crippen LogP) is 4.26. The molecule has 4 nitrogen and oxygen atoms in total. The van der Waals surface area contributed by atoms with Gasteiger partial charge in [-0.25, -0.2) is 8.42 Å². The molecule has 0 aliphatic carbocycles. The van der Waals surface area contributed by atoms with Crippen molar-refractivity contribution in [2.45, 2.75) is 13.0 Å². The molecule has 0 saturated carbocycles. The number of amides is 1. The number of benzene rings is 2. The number of aryl methyl sites for hydroxylation is 1. The van der Waals surface area contributed by atoms with Gasteiger partial charge in [-0.2, -0.15) is 0 Å². The number of hydrogen-bond donors (Lipinski definition) is 0. The second kappa shape index (κ2) is 6.83. The third-order valence-electron chi connectivity index (χ3n) is 3.94. The first-order valence-electron chi connectivity index (χ1n) is 7.53. The minimum absolute atomic E-state index is 0.155. The molecular weight excluding hydrogens is 381 g/mol. The van der Waals surface area contributed by atoms with Crippen LogP contribution in [-0.4, -0.2) is 26.1 Å². The van der Waals surface area contributed by atoms with Gasteiger partial charge in [0.2, 0.25) is 0 Å². The van der Waals surface area contributed by atoms with Crippen molar-refractivity contribution in [2.75, 3.05) is 10.7 Å². The van der Waals surface area contributed by atoms with Gasteiger partial charge in [-0.05, 0) is 43.3 Å². The van der Waals surface area contributed by atoms with Crippen LogP contribution in [0.4, 0.5) is 5.69 Å². The van der Waals surface area contributed by atoms with E-state index in [9.17, 15) is 13.2 Å². The van der Waals surface area contributed by atoms with Crippen LogP contribution in [0.3, 0.4) is 0 Å². The summed E-state index contributed by atoms with van der Waals surface area (Å²) in [5.74, 6) is -0.532. The van der Waals surface area contributed by atoms with E-state index in [4.69, 9.17) is 23.2 Å². The average Bonchev–Trinajstić information content (AvgIpc) is 2.89. The summed E-state index contributed by atoms with van der Waals surface area (Å²) in [5.41, 5.74) is 1.91. The first kappa shape index (κ1) is 18.0. The SMILES string of the molecule is Cc1ccc(N(C(=O)c2ccc(Cl)cc2Cl)[C@H]2C=CS(=O)(=O)C2)cc1. The van der Waals surface area contributed by atoms with Crippen LogP contribution in [-0.2, 0) is 9.84 Å². The summed E-state index contributed by atoms with van der Waals surface area (Å²) in [6, 6.07) is 11.3. The smallest absolute Gasteiger partial charge is 0.260 e. The van der Waals surface area contributed by atoms with E-state index in [1.165, 1.54) is 17.0 Å². The van der Waals surface area contributed by atoms with Crippen LogP contribution in [0.25, 0.3) is 0 Å². The van der Waals surface area contributed by atoms with E-state index >= 15 is 0 Å². The summed E-state index contributed by atoms with van der Waals surface area (Å²) in [6.45, 7) is 1.94. The maximum atomic E-state index is 13.1. The van der Waals surface area contributed by atoms with Gasteiger partial charge >= 0.3 is 0 Å². The minimum Gasteiger partial charge on any atom is -0.300 e. The molecule has 1 heterocycles. The Morgan fingerprint density at radius 3 is 2.36 bits per heavy atom. The topological polar surface area (TPSA) is 54.5 Å². The fourth-order valence-corrected chi connectivity index (χ4v) is 4.43. The summed E-state index contributed by atoms with van der Waals surface area (Å²) >= 11 is 12.1. The van der Waals surface area contributed by atoms with Crippen LogP contribution >= 0.6 is 23.2 Å². The standard InChI is InChI=1S/C18H15Cl2NO3S/c1-12-2-5-14(6-3-12)21(15-8-9-25(23,24)11-15)18(22)16-7-4-13(19)10-17(16)20/h2-10,15H,11H2,1H3/t15-/m0/s1. The number of halogens is 2. The lowest BCUT2D eigenvalue weighted by molar-refractivity contribution is 0.0983. The van der Waals surface area contributed by atoms with Crippen LogP contribution in [0, 0.1) is 6.92 Å². The zero-order valence-electron chi connectivity index (χ0n) is 13.3. The van der Waals surface area contributed by atoms with Crippen LogP contribution in [0.15, 0.2) is 53.9 Å². The Morgan fingerprint density at radius 2 is 1.80 bits per heavy atom. The monoisotopic (exact) mass is 395 g/mol. The van der Waals surface area contributed by atoms with E-state index in [0.29, 0.717) is 10.7 Å². The Labute approximate surface area is 156 Å². The molecule has 130 valence electrons. The van der Waals surface area contributed by atoms with E-state index in [1.54, 1.807) is 24.3 Å². The normalized spacial score (nSPS) is 18.3. The van der Waals surface area contributed by atoms with Crippen LogP contribution < -0.4 is 4.90 Å². The molecule has 0 spiro atoms. The Bertz CT molecular complexity index is 953. The quantitative estimate of drug-likeness (QED) is 0.779. The highest BCUT2D eigenvalue weighted by Crippen LogP contribution is 2.28. The number of hydrogen-bond acceptors (Lipinski definition) is 3. The number of rotatable bonds is 3. The van der Waals surface area contributed by atoms with Crippen LogP contribution in [0.2, 0.25) is 10.0 Å². The third-order valence-corrected chi connectivity index (χ3v) is 5.86. The van der Waals surface area contributed by atoms with E-state index in [-0.39, 0.29) is 22.2 Å². The van der Waals surface area contributed by atoms with Gasteiger partial charge in [0.15, 0.2) is 9.84 Å². The number of carbonyl (C=O) groups is 1. The Balaban J connectivity index is 2.06. The van der Waals surface area contributed by atoms with Crippen molar-refractivity contribution < 1.29 is 13.2 Å². The molecule has 0 bridgehead atoms. The predicted molar refractivity (Wildman–Crippen MR) is 101 cm³/mol. The van der Waals surface area contributed by atoms with Gasteiger partial charge in [0.1, 0.15) is 0 Å². The van der Waals surface area contributed by atoms with Gasteiger partial charge in [0.25, 0.3) is 5.91 Å². The summed E-state index contributed by atoms with van der Waals surface area (Å²) in [7, 11) is -3.32. The lowest BCUT2D eigenvalue weighted by Gasteiger charge is -2.28. The molecule has 2 aromatic carbocycles. The third kappa shape index (κ3) is 3.89. The molecule has 0 fully saturated rings. The molecule has 2 aromatic rings. The second-order valence-electron chi connectivity index (χ2n) is 5.86. The first-order chi connectivity index (χ1) is 11.8. The highest BCUT2D eigenvalue weighted by molar-refractivity contribution is 7.94. The van der Waals surface area contributed by atoms with Crippen molar-refractivity contribution in [3.05, 3.63) is 75.1 Å². The Hall–Kier alpha value is -1.82. The highest BCUT2D eigenvalue weighted by atomic mass is 35.5. The molecule has 25 heavy (non-hydrogen) atoms. The van der Waals surface area contributed by atoms with Crippen molar-refractivity contribution in [3.63, 3.8) is 0 Å². The van der Waals surface area contributed by atoms with E-state index in [2.05, 4.69) is 0 Å². The highest BCUT2D eigenvalue weighted by Gasteiger charge is 2.32.